The summed E-state index contributed by atoms with van der Waals surface area (Å²) in [4.78, 5) is 0. The standard InChI is InChI=1S/C12H12ClF2N/c1-3-4-5-12(16-2)8-6-11(15)9(13)7-10(8)14/h1,6-7,12,16H,4-5H2,2H3. The Morgan fingerprint density at radius 1 is 1.44 bits per heavy atom. The zero-order valence-electron chi connectivity index (χ0n) is 8.86. The summed E-state index contributed by atoms with van der Waals surface area (Å²) in [6.07, 6.45) is 6.18. The highest BCUT2D eigenvalue weighted by Gasteiger charge is 2.16. The molecule has 0 amide bonds. The third-order valence-electron chi connectivity index (χ3n) is 2.34. The first-order valence-corrected chi connectivity index (χ1v) is 5.23. The lowest BCUT2D eigenvalue weighted by atomic mass is 10.0. The monoisotopic (exact) mass is 243 g/mol. The van der Waals surface area contributed by atoms with Gasteiger partial charge in [-0.05, 0) is 25.6 Å². The number of nitrogens with one attached hydrogen (secondary N) is 1. The summed E-state index contributed by atoms with van der Waals surface area (Å²) >= 11 is 5.47. The van der Waals surface area contributed by atoms with E-state index in [-0.39, 0.29) is 16.6 Å². The first-order chi connectivity index (χ1) is 7.60. The fourth-order valence-electron chi connectivity index (χ4n) is 1.49. The molecule has 0 aliphatic rings. The van der Waals surface area contributed by atoms with Crippen LogP contribution in [0, 0.1) is 24.0 Å². The Hall–Kier alpha value is -1.11. The van der Waals surface area contributed by atoms with E-state index < -0.39 is 11.6 Å². The molecule has 0 bridgehead atoms. The second kappa shape index (κ2) is 5.83. The minimum Gasteiger partial charge on any atom is -0.313 e. The quantitative estimate of drug-likeness (QED) is 0.632. The predicted octanol–water partition coefficient (Wildman–Crippen LogP) is 3.29. The van der Waals surface area contributed by atoms with Crippen molar-refractivity contribution in [1.29, 1.82) is 0 Å². The van der Waals surface area contributed by atoms with Crippen LogP contribution in [0.5, 0.6) is 0 Å². The molecule has 1 unspecified atom stereocenters. The van der Waals surface area contributed by atoms with Crippen molar-refractivity contribution in [1.82, 2.24) is 5.32 Å². The molecule has 0 radical (unpaired) electrons. The molecule has 0 saturated carbocycles. The van der Waals surface area contributed by atoms with E-state index >= 15 is 0 Å². The fraction of sp³-hybridized carbons (Fsp3) is 0.333. The van der Waals surface area contributed by atoms with Crippen molar-refractivity contribution in [2.45, 2.75) is 18.9 Å². The van der Waals surface area contributed by atoms with Crippen molar-refractivity contribution in [3.05, 3.63) is 34.4 Å². The Morgan fingerprint density at radius 3 is 2.69 bits per heavy atom. The molecule has 0 saturated heterocycles. The maximum atomic E-state index is 13.6. The molecular formula is C12H12ClF2N. The Balaban J connectivity index is 3.01. The molecule has 0 heterocycles. The molecule has 0 aromatic heterocycles. The minimum atomic E-state index is -0.626. The maximum Gasteiger partial charge on any atom is 0.142 e. The molecule has 1 N–H and O–H groups in total. The number of halogens is 3. The van der Waals surface area contributed by atoms with Crippen molar-refractivity contribution in [2.24, 2.45) is 0 Å². The van der Waals surface area contributed by atoms with Crippen LogP contribution in [-0.4, -0.2) is 7.05 Å². The molecule has 1 aromatic rings. The van der Waals surface area contributed by atoms with Crippen LogP contribution in [0.15, 0.2) is 12.1 Å². The zero-order chi connectivity index (χ0) is 12.1. The molecule has 1 aromatic carbocycles. The van der Waals surface area contributed by atoms with Gasteiger partial charge < -0.3 is 5.32 Å². The summed E-state index contributed by atoms with van der Waals surface area (Å²) in [6, 6.07) is 1.78. The van der Waals surface area contributed by atoms with Crippen LogP contribution in [-0.2, 0) is 0 Å². The molecule has 0 aliphatic carbocycles. The Labute approximate surface area is 98.8 Å². The van der Waals surface area contributed by atoms with E-state index in [1.54, 1.807) is 7.05 Å². The van der Waals surface area contributed by atoms with Crippen molar-refractivity contribution in [3.63, 3.8) is 0 Å². The second-order valence-electron chi connectivity index (χ2n) is 3.37. The van der Waals surface area contributed by atoms with E-state index in [1.165, 1.54) is 0 Å². The SMILES string of the molecule is C#CCCC(NC)c1cc(F)c(Cl)cc1F. The van der Waals surface area contributed by atoms with Gasteiger partial charge in [0.15, 0.2) is 0 Å². The van der Waals surface area contributed by atoms with Crippen LogP contribution in [0.25, 0.3) is 0 Å². The predicted molar refractivity (Wildman–Crippen MR) is 61.2 cm³/mol. The van der Waals surface area contributed by atoms with E-state index in [0.29, 0.717) is 12.8 Å². The van der Waals surface area contributed by atoms with Gasteiger partial charge in [0, 0.05) is 18.0 Å². The first kappa shape index (κ1) is 13.0. The third kappa shape index (κ3) is 2.94. The Kier molecular flexibility index (Phi) is 4.72. The van der Waals surface area contributed by atoms with E-state index in [1.807, 2.05) is 0 Å². The smallest absolute Gasteiger partial charge is 0.142 e. The van der Waals surface area contributed by atoms with Crippen LogP contribution < -0.4 is 5.32 Å². The van der Waals surface area contributed by atoms with E-state index in [4.69, 9.17) is 18.0 Å². The summed E-state index contributed by atoms with van der Waals surface area (Å²) in [7, 11) is 1.67. The van der Waals surface area contributed by atoms with Gasteiger partial charge in [-0.1, -0.05) is 11.6 Å². The van der Waals surface area contributed by atoms with E-state index in [9.17, 15) is 8.78 Å². The molecule has 16 heavy (non-hydrogen) atoms. The summed E-state index contributed by atoms with van der Waals surface area (Å²) in [5.41, 5.74) is 0.250. The molecule has 4 heteroatoms. The number of terminal acetylenes is 1. The van der Waals surface area contributed by atoms with Crippen LogP contribution in [0.4, 0.5) is 8.78 Å². The number of hydrogen-bond acceptors (Lipinski definition) is 1. The summed E-state index contributed by atoms with van der Waals surface area (Å²) in [6.45, 7) is 0. The lowest BCUT2D eigenvalue weighted by Crippen LogP contribution is -2.17. The molecule has 0 spiro atoms. The summed E-state index contributed by atoms with van der Waals surface area (Å²) in [5, 5.41) is 2.68. The largest absolute Gasteiger partial charge is 0.313 e. The maximum absolute atomic E-state index is 13.6. The van der Waals surface area contributed by atoms with Gasteiger partial charge in [-0.2, -0.15) is 0 Å². The van der Waals surface area contributed by atoms with Crippen LogP contribution in [0.2, 0.25) is 5.02 Å². The molecule has 86 valence electrons. The Morgan fingerprint density at radius 2 is 2.12 bits per heavy atom. The lowest BCUT2D eigenvalue weighted by molar-refractivity contribution is 0.506. The average molecular weight is 244 g/mol. The van der Waals surface area contributed by atoms with Crippen LogP contribution in [0.3, 0.4) is 0 Å². The second-order valence-corrected chi connectivity index (χ2v) is 3.78. The highest BCUT2D eigenvalue weighted by atomic mass is 35.5. The Bertz CT molecular complexity index is 412. The molecule has 1 nitrogen and oxygen atoms in total. The number of benzene rings is 1. The first-order valence-electron chi connectivity index (χ1n) is 4.85. The van der Waals surface area contributed by atoms with Gasteiger partial charge in [0.25, 0.3) is 0 Å². The highest BCUT2D eigenvalue weighted by Crippen LogP contribution is 2.26. The zero-order valence-corrected chi connectivity index (χ0v) is 9.61. The van der Waals surface area contributed by atoms with E-state index in [0.717, 1.165) is 12.1 Å². The molecule has 1 atom stereocenters. The van der Waals surface area contributed by atoms with Crippen molar-refractivity contribution in [3.8, 4) is 12.3 Å². The van der Waals surface area contributed by atoms with Crippen LogP contribution in [0.1, 0.15) is 24.4 Å². The number of hydrogen-bond donors (Lipinski definition) is 1. The minimum absolute atomic E-state index is 0.215. The third-order valence-corrected chi connectivity index (χ3v) is 2.63. The van der Waals surface area contributed by atoms with Crippen molar-refractivity contribution >= 4 is 11.6 Å². The van der Waals surface area contributed by atoms with Gasteiger partial charge in [0.05, 0.1) is 5.02 Å². The van der Waals surface area contributed by atoms with Gasteiger partial charge in [-0.15, -0.1) is 12.3 Å². The molecule has 0 aliphatic heterocycles. The molecule has 0 fully saturated rings. The van der Waals surface area contributed by atoms with Crippen LogP contribution >= 0.6 is 11.6 Å². The van der Waals surface area contributed by atoms with Crippen molar-refractivity contribution < 1.29 is 8.78 Å². The molecule has 1 rings (SSSR count). The lowest BCUT2D eigenvalue weighted by Gasteiger charge is -2.16. The van der Waals surface area contributed by atoms with Gasteiger partial charge in [0.2, 0.25) is 0 Å². The summed E-state index contributed by atoms with van der Waals surface area (Å²) < 4.78 is 26.8. The van der Waals surface area contributed by atoms with Gasteiger partial charge in [0.1, 0.15) is 11.6 Å². The van der Waals surface area contributed by atoms with Gasteiger partial charge >= 0.3 is 0 Å². The normalized spacial score (nSPS) is 12.2. The van der Waals surface area contributed by atoms with Gasteiger partial charge in [-0.3, -0.25) is 0 Å². The highest BCUT2D eigenvalue weighted by molar-refractivity contribution is 6.30. The number of rotatable bonds is 4. The average Bonchev–Trinajstić information content (AvgIpc) is 2.26. The summed E-state index contributed by atoms with van der Waals surface area (Å²) in [5.74, 6) is 1.31. The fourth-order valence-corrected chi connectivity index (χ4v) is 1.64. The molecular weight excluding hydrogens is 232 g/mol. The topological polar surface area (TPSA) is 12.0 Å². The van der Waals surface area contributed by atoms with Crippen molar-refractivity contribution in [2.75, 3.05) is 7.05 Å². The van der Waals surface area contributed by atoms with Gasteiger partial charge in [-0.25, -0.2) is 8.78 Å². The van der Waals surface area contributed by atoms with E-state index in [2.05, 4.69) is 11.2 Å².